The van der Waals surface area contributed by atoms with Crippen LogP contribution in [0.2, 0.25) is 0 Å². The highest BCUT2D eigenvalue weighted by molar-refractivity contribution is 14.1. The Bertz CT molecular complexity index is 471. The molecule has 0 saturated carbocycles. The maximum Gasteiger partial charge on any atom is 0.309 e. The molecule has 1 aromatic heterocycles. The van der Waals surface area contributed by atoms with E-state index in [1.54, 1.807) is 28.7 Å². The molecule has 0 aromatic carbocycles. The summed E-state index contributed by atoms with van der Waals surface area (Å²) in [5.41, 5.74) is -0.951. The van der Waals surface area contributed by atoms with Crippen molar-refractivity contribution in [1.82, 2.24) is 4.98 Å². The van der Waals surface area contributed by atoms with Gasteiger partial charge in [-0.15, -0.1) is 0 Å². The van der Waals surface area contributed by atoms with Gasteiger partial charge in [0.2, 0.25) is 0 Å². The Labute approximate surface area is 103 Å². The number of hydrogen-bond donors (Lipinski definition) is 1. The molecule has 1 aromatic rings. The molecule has 0 atom stereocenters. The van der Waals surface area contributed by atoms with Gasteiger partial charge in [0, 0.05) is 5.56 Å². The Kier molecular flexibility index (Phi) is 4.12. The van der Waals surface area contributed by atoms with E-state index in [9.17, 15) is 13.6 Å². The minimum absolute atomic E-state index is 0.128. The van der Waals surface area contributed by atoms with Gasteiger partial charge < -0.3 is 5.11 Å². The Balaban J connectivity index is 3.37. The van der Waals surface area contributed by atoms with E-state index < -0.39 is 24.4 Å². The van der Waals surface area contributed by atoms with Gasteiger partial charge in [-0.2, -0.15) is 5.26 Å². The fourth-order valence-corrected chi connectivity index (χ4v) is 1.78. The van der Waals surface area contributed by atoms with Crippen molar-refractivity contribution in [2.24, 2.45) is 0 Å². The lowest BCUT2D eigenvalue weighted by atomic mass is 10.1. The summed E-state index contributed by atoms with van der Waals surface area (Å²) >= 11 is 1.70. The minimum Gasteiger partial charge on any atom is -0.481 e. The number of carboxylic acids is 1. The minimum atomic E-state index is -2.82. The highest BCUT2D eigenvalue weighted by Gasteiger charge is 2.20. The van der Waals surface area contributed by atoms with Crippen molar-refractivity contribution >= 4 is 28.6 Å². The third-order valence-electron chi connectivity index (χ3n) is 1.76. The van der Waals surface area contributed by atoms with Gasteiger partial charge >= 0.3 is 5.97 Å². The molecular weight excluding hydrogens is 333 g/mol. The third-order valence-corrected chi connectivity index (χ3v) is 2.31. The Morgan fingerprint density at radius 3 is 2.75 bits per heavy atom. The molecule has 0 unspecified atom stereocenters. The highest BCUT2D eigenvalue weighted by Crippen LogP contribution is 2.26. The van der Waals surface area contributed by atoms with Crippen LogP contribution in [-0.4, -0.2) is 16.1 Å². The zero-order valence-corrected chi connectivity index (χ0v) is 9.90. The van der Waals surface area contributed by atoms with Gasteiger partial charge in [-0.1, -0.05) is 0 Å². The fourth-order valence-electron chi connectivity index (χ4n) is 1.16. The number of nitrogens with zero attached hydrogens (tertiary/aromatic N) is 2. The molecule has 7 heteroatoms. The van der Waals surface area contributed by atoms with Gasteiger partial charge in [0.15, 0.2) is 0 Å². The van der Waals surface area contributed by atoms with Crippen molar-refractivity contribution in [3.8, 4) is 6.07 Å². The first-order valence-electron chi connectivity index (χ1n) is 4.05. The molecule has 84 valence electrons. The van der Waals surface area contributed by atoms with E-state index in [0.29, 0.717) is 0 Å². The second kappa shape index (κ2) is 5.16. The van der Waals surface area contributed by atoms with Gasteiger partial charge in [0.1, 0.15) is 9.77 Å². The highest BCUT2D eigenvalue weighted by atomic mass is 127. The summed E-state index contributed by atoms with van der Waals surface area (Å²) < 4.78 is 25.4. The number of carboxylic acid groups (broad SMARTS) is 1. The van der Waals surface area contributed by atoms with Gasteiger partial charge in [0.25, 0.3) is 6.43 Å². The zero-order valence-electron chi connectivity index (χ0n) is 7.75. The summed E-state index contributed by atoms with van der Waals surface area (Å²) in [6.45, 7) is 0. The standard InChI is InChI=1S/C9H5F2IN2O2/c10-9(11)4-1-7(12)14-6(2-8(15)16)5(4)3-13/h1,9H,2H2,(H,15,16). The average molecular weight is 338 g/mol. The lowest BCUT2D eigenvalue weighted by Crippen LogP contribution is -2.08. The van der Waals surface area contributed by atoms with Crippen LogP contribution in [0.15, 0.2) is 6.07 Å². The number of nitriles is 1. The number of hydrogen-bond acceptors (Lipinski definition) is 3. The van der Waals surface area contributed by atoms with E-state index in [1.165, 1.54) is 0 Å². The van der Waals surface area contributed by atoms with E-state index in [0.717, 1.165) is 6.07 Å². The molecule has 0 aliphatic carbocycles. The van der Waals surface area contributed by atoms with Gasteiger partial charge in [-0.25, -0.2) is 13.8 Å². The molecule has 0 saturated heterocycles. The van der Waals surface area contributed by atoms with Crippen LogP contribution in [-0.2, 0) is 11.2 Å². The molecule has 0 aliphatic rings. The van der Waals surface area contributed by atoms with Crippen molar-refractivity contribution in [2.75, 3.05) is 0 Å². The summed E-state index contributed by atoms with van der Waals surface area (Å²) in [7, 11) is 0. The Hall–Kier alpha value is -1.30. The normalized spacial score (nSPS) is 10.2. The summed E-state index contributed by atoms with van der Waals surface area (Å²) in [5.74, 6) is -1.22. The van der Waals surface area contributed by atoms with Gasteiger partial charge in [-0.3, -0.25) is 4.79 Å². The molecule has 4 nitrogen and oxygen atoms in total. The number of pyridine rings is 1. The van der Waals surface area contributed by atoms with E-state index in [4.69, 9.17) is 10.4 Å². The maximum absolute atomic E-state index is 12.6. The van der Waals surface area contributed by atoms with Crippen LogP contribution in [0.1, 0.15) is 23.2 Å². The summed E-state index contributed by atoms with van der Waals surface area (Å²) in [6.07, 6.45) is -3.36. The van der Waals surface area contributed by atoms with E-state index >= 15 is 0 Å². The molecule has 1 heterocycles. The summed E-state index contributed by atoms with van der Waals surface area (Å²) in [4.78, 5) is 14.3. The molecule has 0 aliphatic heterocycles. The largest absolute Gasteiger partial charge is 0.481 e. The van der Waals surface area contributed by atoms with Crippen LogP contribution < -0.4 is 0 Å². The molecule has 16 heavy (non-hydrogen) atoms. The Morgan fingerprint density at radius 1 is 1.69 bits per heavy atom. The van der Waals surface area contributed by atoms with Crippen molar-refractivity contribution in [1.29, 1.82) is 5.26 Å². The quantitative estimate of drug-likeness (QED) is 0.677. The predicted octanol–water partition coefficient (Wildman–Crippen LogP) is 2.12. The number of rotatable bonds is 3. The lowest BCUT2D eigenvalue weighted by molar-refractivity contribution is -0.136. The van der Waals surface area contributed by atoms with Crippen LogP contribution in [0, 0.1) is 15.0 Å². The second-order valence-corrected chi connectivity index (χ2v) is 3.94. The van der Waals surface area contributed by atoms with E-state index in [1.807, 2.05) is 0 Å². The fraction of sp³-hybridized carbons (Fsp3) is 0.222. The molecule has 0 radical (unpaired) electrons. The SMILES string of the molecule is N#Cc1c(C(F)F)cc(I)nc1CC(=O)O. The second-order valence-electron chi connectivity index (χ2n) is 2.84. The smallest absolute Gasteiger partial charge is 0.309 e. The number of aliphatic carboxylic acids is 1. The van der Waals surface area contributed by atoms with Gasteiger partial charge in [-0.05, 0) is 28.7 Å². The molecule has 0 fully saturated rings. The van der Waals surface area contributed by atoms with E-state index in [2.05, 4.69) is 4.98 Å². The zero-order chi connectivity index (χ0) is 12.3. The monoisotopic (exact) mass is 338 g/mol. The molecule has 0 spiro atoms. The maximum atomic E-state index is 12.6. The number of halogens is 3. The summed E-state index contributed by atoms with van der Waals surface area (Å²) in [5, 5.41) is 17.3. The first-order valence-corrected chi connectivity index (χ1v) is 5.13. The van der Waals surface area contributed by atoms with Crippen molar-refractivity contribution < 1.29 is 18.7 Å². The first-order chi connectivity index (χ1) is 7.45. The molecule has 0 amide bonds. The molecule has 1 N–H and O–H groups in total. The van der Waals surface area contributed by atoms with Crippen LogP contribution in [0.25, 0.3) is 0 Å². The van der Waals surface area contributed by atoms with Crippen molar-refractivity contribution in [3.05, 3.63) is 26.6 Å². The summed E-state index contributed by atoms with van der Waals surface area (Å²) in [6, 6.07) is 2.65. The topological polar surface area (TPSA) is 74.0 Å². The Morgan fingerprint density at radius 2 is 2.31 bits per heavy atom. The van der Waals surface area contributed by atoms with Crippen LogP contribution in [0.3, 0.4) is 0 Å². The molecule has 0 bridgehead atoms. The van der Waals surface area contributed by atoms with Crippen LogP contribution in [0.4, 0.5) is 8.78 Å². The van der Waals surface area contributed by atoms with Gasteiger partial charge in [0.05, 0.1) is 17.7 Å². The predicted molar refractivity (Wildman–Crippen MR) is 58.0 cm³/mol. The third kappa shape index (κ3) is 2.85. The van der Waals surface area contributed by atoms with Crippen LogP contribution >= 0.6 is 22.6 Å². The number of alkyl halides is 2. The lowest BCUT2D eigenvalue weighted by Gasteiger charge is -2.07. The number of aromatic nitrogens is 1. The van der Waals surface area contributed by atoms with Crippen molar-refractivity contribution in [3.63, 3.8) is 0 Å². The van der Waals surface area contributed by atoms with Crippen molar-refractivity contribution in [2.45, 2.75) is 12.8 Å². The molecular formula is C9H5F2IN2O2. The molecule has 1 rings (SSSR count). The van der Waals surface area contributed by atoms with E-state index in [-0.39, 0.29) is 15.0 Å². The average Bonchev–Trinajstić information content (AvgIpc) is 2.15. The first kappa shape index (κ1) is 12.8. The van der Waals surface area contributed by atoms with Crippen LogP contribution in [0.5, 0.6) is 0 Å². The number of carbonyl (C=O) groups is 1.